The fourth-order valence-corrected chi connectivity index (χ4v) is 5.00. The second-order valence-electron chi connectivity index (χ2n) is 6.69. The number of fused-ring (bicyclic) bond motifs is 3. The number of carbonyl (C=O) groups is 1. The summed E-state index contributed by atoms with van der Waals surface area (Å²) in [4.78, 5) is 16.5. The molecule has 0 radical (unpaired) electrons. The second-order valence-corrected chi connectivity index (χ2v) is 7.72. The highest BCUT2D eigenvalue weighted by Gasteiger charge is 2.84. The molecule has 4 atom stereocenters. The summed E-state index contributed by atoms with van der Waals surface area (Å²) in [5.41, 5.74) is -4.10. The van der Waals surface area contributed by atoms with Gasteiger partial charge in [0, 0.05) is 17.8 Å². The van der Waals surface area contributed by atoms with Crippen LogP contribution in [-0.4, -0.2) is 28.7 Å². The molecule has 2 aliphatic rings. The van der Waals surface area contributed by atoms with Crippen molar-refractivity contribution in [3.8, 4) is 0 Å². The summed E-state index contributed by atoms with van der Waals surface area (Å²) in [5.74, 6) is -10.8. The Morgan fingerprint density at radius 3 is 2.50 bits per heavy atom. The van der Waals surface area contributed by atoms with E-state index in [1.807, 2.05) is 0 Å². The Morgan fingerprint density at radius 1 is 1.19 bits per heavy atom. The van der Waals surface area contributed by atoms with Crippen LogP contribution in [0.25, 0.3) is 10.2 Å². The summed E-state index contributed by atoms with van der Waals surface area (Å²) in [6, 6.07) is 6.92. The Kier molecular flexibility index (Phi) is 3.61. The normalized spacial score (nSPS) is 32.9. The zero-order valence-corrected chi connectivity index (χ0v) is 13.8. The Labute approximate surface area is 147 Å². The van der Waals surface area contributed by atoms with Gasteiger partial charge in [-0.15, -0.1) is 0 Å². The number of nitrogens with zero attached hydrogens (tertiary/aromatic N) is 1. The molecule has 1 heterocycles. The number of hydrogen-bond donors (Lipinski definition) is 1. The molecule has 2 saturated carbocycles. The molecule has 0 spiro atoms. The highest BCUT2D eigenvalue weighted by molar-refractivity contribution is 7.22. The van der Waals surface area contributed by atoms with Gasteiger partial charge in [-0.05, 0) is 25.0 Å². The standard InChI is InChI=1S/C16H12F6N2OS/c17-14(16(20,21)22)9-6-7(15(14,18)19)5-8(9)12(25)24-13-23-10-3-1-2-4-11(10)26-13/h1-4,7-9H,5-6H2,(H,23,24,25)/t7-,8-,9+,14+/m1/s1. The average Bonchev–Trinajstić information content (AvgIpc) is 3.20. The molecule has 2 aliphatic carbocycles. The fourth-order valence-electron chi connectivity index (χ4n) is 4.13. The third kappa shape index (κ3) is 2.20. The first-order valence-electron chi connectivity index (χ1n) is 7.85. The number of alkyl halides is 6. The van der Waals surface area contributed by atoms with Crippen LogP contribution in [-0.2, 0) is 4.79 Å². The summed E-state index contributed by atoms with van der Waals surface area (Å²) in [5, 5.41) is 2.51. The molecule has 3 nitrogen and oxygen atoms in total. The molecule has 2 bridgehead atoms. The number of nitrogens with one attached hydrogen (secondary N) is 1. The predicted octanol–water partition coefficient (Wildman–Crippen LogP) is 4.80. The number of para-hydroxylation sites is 1. The third-order valence-corrected chi connectivity index (χ3v) is 6.30. The maximum absolute atomic E-state index is 14.5. The van der Waals surface area contributed by atoms with Crippen molar-refractivity contribution in [1.29, 1.82) is 0 Å². The van der Waals surface area contributed by atoms with Crippen LogP contribution in [0.2, 0.25) is 0 Å². The first kappa shape index (κ1) is 17.6. The molecule has 140 valence electrons. The van der Waals surface area contributed by atoms with Gasteiger partial charge in [-0.25, -0.2) is 18.2 Å². The molecule has 0 unspecified atom stereocenters. The molecule has 1 N–H and O–H groups in total. The van der Waals surface area contributed by atoms with Crippen LogP contribution in [0.15, 0.2) is 24.3 Å². The van der Waals surface area contributed by atoms with Gasteiger partial charge in [0.15, 0.2) is 5.13 Å². The molecular formula is C16H12F6N2OS. The molecule has 1 amide bonds. The average molecular weight is 394 g/mol. The number of halogens is 6. The van der Waals surface area contributed by atoms with E-state index in [1.165, 1.54) is 0 Å². The van der Waals surface area contributed by atoms with E-state index in [0.717, 1.165) is 16.0 Å². The number of benzene rings is 1. The van der Waals surface area contributed by atoms with Crippen molar-refractivity contribution < 1.29 is 31.1 Å². The zero-order valence-electron chi connectivity index (χ0n) is 13.0. The maximum Gasteiger partial charge on any atom is 0.428 e. The van der Waals surface area contributed by atoms with Crippen LogP contribution in [0.4, 0.5) is 31.5 Å². The Balaban J connectivity index is 1.60. The van der Waals surface area contributed by atoms with E-state index >= 15 is 0 Å². The van der Waals surface area contributed by atoms with E-state index in [4.69, 9.17) is 0 Å². The SMILES string of the molecule is O=C(Nc1nc2ccccc2s1)[C@@H]1C[C@@H]2C[C@@H]1[C@@](F)(C(F)(F)F)C2(F)F. The van der Waals surface area contributed by atoms with E-state index in [1.54, 1.807) is 24.3 Å². The van der Waals surface area contributed by atoms with Crippen molar-refractivity contribution in [2.45, 2.75) is 30.6 Å². The first-order valence-corrected chi connectivity index (χ1v) is 8.67. The molecule has 10 heteroatoms. The topological polar surface area (TPSA) is 42.0 Å². The molecule has 0 saturated heterocycles. The number of anilines is 1. The lowest BCUT2D eigenvalue weighted by Crippen LogP contribution is -2.61. The summed E-state index contributed by atoms with van der Waals surface area (Å²) >= 11 is 1.10. The van der Waals surface area contributed by atoms with Gasteiger partial charge in [0.1, 0.15) is 0 Å². The van der Waals surface area contributed by atoms with Crippen LogP contribution in [0.5, 0.6) is 0 Å². The molecule has 1 aromatic heterocycles. The van der Waals surface area contributed by atoms with Crippen molar-refractivity contribution in [1.82, 2.24) is 4.98 Å². The number of carbonyl (C=O) groups excluding carboxylic acids is 1. The minimum absolute atomic E-state index is 0.141. The number of aromatic nitrogens is 1. The van der Waals surface area contributed by atoms with E-state index in [2.05, 4.69) is 10.3 Å². The number of hydrogen-bond acceptors (Lipinski definition) is 3. The summed E-state index contributed by atoms with van der Waals surface area (Å²) in [7, 11) is 0. The van der Waals surface area contributed by atoms with Gasteiger partial charge in [-0.1, -0.05) is 23.5 Å². The van der Waals surface area contributed by atoms with Crippen LogP contribution in [0.1, 0.15) is 12.8 Å². The van der Waals surface area contributed by atoms with Crippen molar-refractivity contribution in [2.24, 2.45) is 17.8 Å². The quantitative estimate of drug-likeness (QED) is 0.744. The Morgan fingerprint density at radius 2 is 1.88 bits per heavy atom. The van der Waals surface area contributed by atoms with Crippen LogP contribution < -0.4 is 5.32 Å². The minimum atomic E-state index is -5.75. The molecule has 2 aromatic rings. The van der Waals surface area contributed by atoms with Crippen molar-refractivity contribution in [3.05, 3.63) is 24.3 Å². The van der Waals surface area contributed by atoms with Crippen LogP contribution in [0.3, 0.4) is 0 Å². The summed E-state index contributed by atoms with van der Waals surface area (Å²) in [6.07, 6.45) is -6.89. The lowest BCUT2D eigenvalue weighted by Gasteiger charge is -2.40. The van der Waals surface area contributed by atoms with Crippen LogP contribution >= 0.6 is 11.3 Å². The van der Waals surface area contributed by atoms with Gasteiger partial charge in [0.25, 0.3) is 11.6 Å². The molecule has 26 heavy (non-hydrogen) atoms. The Hall–Kier alpha value is -1.84. The number of thiazole rings is 1. The third-order valence-electron chi connectivity index (χ3n) is 5.34. The fraction of sp³-hybridized carbons (Fsp3) is 0.500. The number of rotatable bonds is 2. The largest absolute Gasteiger partial charge is 0.428 e. The molecule has 4 rings (SSSR count). The van der Waals surface area contributed by atoms with Gasteiger partial charge >= 0.3 is 6.18 Å². The van der Waals surface area contributed by atoms with Gasteiger partial charge < -0.3 is 5.32 Å². The van der Waals surface area contributed by atoms with Gasteiger partial charge in [0.05, 0.1) is 10.2 Å². The monoisotopic (exact) mass is 394 g/mol. The van der Waals surface area contributed by atoms with Gasteiger partial charge in [-0.3, -0.25) is 4.79 Å². The van der Waals surface area contributed by atoms with E-state index in [0.29, 0.717) is 5.52 Å². The van der Waals surface area contributed by atoms with Gasteiger partial charge in [0.2, 0.25) is 5.91 Å². The van der Waals surface area contributed by atoms with Crippen molar-refractivity contribution in [3.63, 3.8) is 0 Å². The molecule has 1 aromatic carbocycles. The zero-order chi connectivity index (χ0) is 18.9. The van der Waals surface area contributed by atoms with E-state index in [9.17, 15) is 31.1 Å². The van der Waals surface area contributed by atoms with E-state index < -0.39 is 54.3 Å². The van der Waals surface area contributed by atoms with Crippen molar-refractivity contribution >= 4 is 32.6 Å². The molecule has 0 aliphatic heterocycles. The predicted molar refractivity (Wildman–Crippen MR) is 82.8 cm³/mol. The molecule has 2 fully saturated rings. The smallest absolute Gasteiger partial charge is 0.302 e. The van der Waals surface area contributed by atoms with Crippen LogP contribution in [0, 0.1) is 17.8 Å². The number of amides is 1. The minimum Gasteiger partial charge on any atom is -0.302 e. The van der Waals surface area contributed by atoms with Crippen molar-refractivity contribution in [2.75, 3.05) is 5.32 Å². The lowest BCUT2D eigenvalue weighted by atomic mass is 9.75. The lowest BCUT2D eigenvalue weighted by molar-refractivity contribution is -0.321. The summed E-state index contributed by atoms with van der Waals surface area (Å²) in [6.45, 7) is 0. The maximum atomic E-state index is 14.5. The second kappa shape index (κ2) is 5.34. The van der Waals surface area contributed by atoms with Gasteiger partial charge in [-0.2, -0.15) is 13.2 Å². The Bertz CT molecular complexity index is 848. The summed E-state index contributed by atoms with van der Waals surface area (Å²) < 4.78 is 82.5. The van der Waals surface area contributed by atoms with E-state index in [-0.39, 0.29) is 5.13 Å². The highest BCUT2D eigenvalue weighted by Crippen LogP contribution is 2.68. The highest BCUT2D eigenvalue weighted by atomic mass is 32.1. The first-order chi connectivity index (χ1) is 12.1. The molecular weight excluding hydrogens is 382 g/mol.